The Morgan fingerprint density at radius 1 is 1.10 bits per heavy atom. The van der Waals surface area contributed by atoms with Crippen molar-refractivity contribution in [2.24, 2.45) is 5.41 Å². The molecule has 1 heterocycles. The predicted molar refractivity (Wildman–Crippen MR) is 96.6 cm³/mol. The summed E-state index contributed by atoms with van der Waals surface area (Å²) in [5, 5.41) is 6.12. The third-order valence-corrected chi connectivity index (χ3v) is 5.91. The van der Waals surface area contributed by atoms with Crippen LogP contribution in [-0.4, -0.2) is 28.0 Å². The molecule has 4 rings (SSSR count). The molecule has 0 radical (unpaired) electrons. The number of nitrogens with zero attached hydrogens (tertiary/aromatic N) is 2. The summed E-state index contributed by atoms with van der Waals surface area (Å²) >= 11 is 0. The molecule has 0 atom stereocenters. The molecule has 2 fully saturated rings. The Hall–Kier alpha value is -2.59. The zero-order valence-corrected chi connectivity index (χ0v) is 16.1. The van der Waals surface area contributed by atoms with Crippen molar-refractivity contribution >= 4 is 11.7 Å². The minimum Gasteiger partial charge on any atom is -0.310 e. The second-order valence-electron chi connectivity index (χ2n) is 8.05. The number of hydrogen-bond donors (Lipinski definition) is 1. The van der Waals surface area contributed by atoms with Gasteiger partial charge in [-0.15, -0.1) is 0 Å². The van der Waals surface area contributed by atoms with E-state index in [0.29, 0.717) is 23.1 Å². The number of carbonyl (C=O) groups excluding carboxylic acids is 1. The SMILES string of the molecule is O=C(Nc1c(C2CCC2)c(-c2ccc(F)cc2)nn1CC(F)(F)F)C1(C(F)(F)F)CC1. The van der Waals surface area contributed by atoms with E-state index in [1.807, 2.05) is 0 Å². The maximum atomic E-state index is 13.4. The molecule has 0 bridgehead atoms. The van der Waals surface area contributed by atoms with Crippen LogP contribution in [0, 0.1) is 11.2 Å². The Bertz CT molecular complexity index is 984. The predicted octanol–water partition coefficient (Wildman–Crippen LogP) is 5.80. The minimum atomic E-state index is -4.80. The van der Waals surface area contributed by atoms with Gasteiger partial charge in [-0.1, -0.05) is 6.42 Å². The van der Waals surface area contributed by atoms with Gasteiger partial charge in [0.05, 0.1) is 5.69 Å². The van der Waals surface area contributed by atoms with Gasteiger partial charge in [-0.2, -0.15) is 31.4 Å². The van der Waals surface area contributed by atoms with Crippen LogP contribution in [0.15, 0.2) is 24.3 Å². The first-order valence-electron chi connectivity index (χ1n) is 9.73. The van der Waals surface area contributed by atoms with Crippen molar-refractivity contribution in [1.82, 2.24) is 9.78 Å². The lowest BCUT2D eigenvalue weighted by Crippen LogP contribution is -2.38. The summed E-state index contributed by atoms with van der Waals surface area (Å²) in [5.41, 5.74) is -1.92. The summed E-state index contributed by atoms with van der Waals surface area (Å²) in [4.78, 5) is 12.5. The van der Waals surface area contributed by atoms with Crippen LogP contribution in [0.4, 0.5) is 36.6 Å². The second kappa shape index (κ2) is 7.23. The van der Waals surface area contributed by atoms with Crippen LogP contribution in [-0.2, 0) is 11.3 Å². The first kappa shape index (κ1) is 21.6. The smallest absolute Gasteiger partial charge is 0.310 e. The van der Waals surface area contributed by atoms with Crippen molar-refractivity contribution in [3.8, 4) is 11.3 Å². The summed E-state index contributed by atoms with van der Waals surface area (Å²) in [5.74, 6) is -2.58. The van der Waals surface area contributed by atoms with Crippen LogP contribution in [0.5, 0.6) is 0 Å². The molecule has 1 aromatic heterocycles. The Morgan fingerprint density at radius 2 is 1.71 bits per heavy atom. The van der Waals surface area contributed by atoms with Crippen molar-refractivity contribution in [2.75, 3.05) is 5.32 Å². The molecule has 1 amide bonds. The fraction of sp³-hybridized carbons (Fsp3) is 0.500. The monoisotopic (exact) mass is 449 g/mol. The van der Waals surface area contributed by atoms with E-state index in [4.69, 9.17) is 0 Å². The van der Waals surface area contributed by atoms with Crippen LogP contribution in [0.25, 0.3) is 11.3 Å². The largest absolute Gasteiger partial charge is 0.408 e. The summed E-state index contributed by atoms with van der Waals surface area (Å²) < 4.78 is 93.5. The van der Waals surface area contributed by atoms with Gasteiger partial charge in [0.1, 0.15) is 23.6 Å². The number of hydrogen-bond acceptors (Lipinski definition) is 2. The highest BCUT2D eigenvalue weighted by atomic mass is 19.4. The van der Waals surface area contributed by atoms with Crippen LogP contribution < -0.4 is 5.32 Å². The van der Waals surface area contributed by atoms with E-state index < -0.39 is 48.9 Å². The molecule has 0 saturated heterocycles. The maximum Gasteiger partial charge on any atom is 0.408 e. The highest BCUT2D eigenvalue weighted by Gasteiger charge is 2.68. The number of aromatic nitrogens is 2. The number of halogens is 7. The molecule has 1 N–H and O–H groups in total. The van der Waals surface area contributed by atoms with Crippen LogP contribution >= 0.6 is 0 Å². The van der Waals surface area contributed by atoms with Gasteiger partial charge in [-0.3, -0.25) is 4.79 Å². The molecule has 11 heteroatoms. The van der Waals surface area contributed by atoms with Crippen molar-refractivity contribution in [1.29, 1.82) is 0 Å². The molecule has 2 saturated carbocycles. The summed E-state index contributed by atoms with van der Waals surface area (Å²) in [7, 11) is 0. The molecule has 4 nitrogen and oxygen atoms in total. The van der Waals surface area contributed by atoms with Gasteiger partial charge in [0.2, 0.25) is 5.91 Å². The fourth-order valence-corrected chi connectivity index (χ4v) is 3.79. The van der Waals surface area contributed by atoms with E-state index in [-0.39, 0.29) is 23.0 Å². The van der Waals surface area contributed by atoms with Crippen molar-refractivity contribution in [3.05, 3.63) is 35.6 Å². The number of benzene rings is 1. The third kappa shape index (κ3) is 4.01. The van der Waals surface area contributed by atoms with Gasteiger partial charge in [0.25, 0.3) is 0 Å². The van der Waals surface area contributed by atoms with E-state index in [9.17, 15) is 35.5 Å². The molecular weight excluding hydrogens is 431 g/mol. The summed E-state index contributed by atoms with van der Waals surface area (Å²) in [6.07, 6.45) is -8.37. The number of nitrogens with one attached hydrogen (secondary N) is 1. The normalized spacial score (nSPS) is 18.5. The van der Waals surface area contributed by atoms with Crippen molar-refractivity contribution < 1.29 is 35.5 Å². The molecule has 2 aliphatic rings. The average Bonchev–Trinajstić information content (AvgIpc) is 3.37. The van der Waals surface area contributed by atoms with Crippen LogP contribution in [0.3, 0.4) is 0 Å². The van der Waals surface area contributed by atoms with Crippen LogP contribution in [0.2, 0.25) is 0 Å². The summed E-state index contributed by atoms with van der Waals surface area (Å²) in [6.45, 7) is -1.58. The Balaban J connectivity index is 1.81. The number of rotatable bonds is 5. The van der Waals surface area contributed by atoms with E-state index in [0.717, 1.165) is 18.6 Å². The topological polar surface area (TPSA) is 46.9 Å². The number of amides is 1. The van der Waals surface area contributed by atoms with Crippen molar-refractivity contribution in [2.45, 2.75) is 56.9 Å². The first-order valence-corrected chi connectivity index (χ1v) is 9.73. The lowest BCUT2D eigenvalue weighted by Gasteiger charge is -2.28. The zero-order chi connectivity index (χ0) is 22.6. The molecule has 0 spiro atoms. The van der Waals surface area contributed by atoms with Gasteiger partial charge in [-0.05, 0) is 55.9 Å². The Kier molecular flexibility index (Phi) is 5.05. The molecule has 2 aromatic rings. The number of carbonyl (C=O) groups is 1. The van der Waals surface area contributed by atoms with Gasteiger partial charge >= 0.3 is 12.4 Å². The maximum absolute atomic E-state index is 13.4. The standard InChI is InChI=1S/C20H18F7N3O/c21-13-6-4-12(5-7-13)15-14(11-2-1-3-11)16(30(29-15)10-19(22,23)24)28-17(31)18(8-9-18)20(25,26)27/h4-7,11H,1-3,8-10H2,(H,28,31). The highest BCUT2D eigenvalue weighted by molar-refractivity contribution is 5.98. The average molecular weight is 449 g/mol. The fourth-order valence-electron chi connectivity index (χ4n) is 3.79. The molecule has 0 aliphatic heterocycles. The minimum absolute atomic E-state index is 0.0982. The molecule has 1 aromatic carbocycles. The molecular formula is C20H18F7N3O. The Labute approximate surface area is 172 Å². The van der Waals surface area contributed by atoms with E-state index >= 15 is 0 Å². The third-order valence-electron chi connectivity index (χ3n) is 5.91. The molecule has 31 heavy (non-hydrogen) atoms. The lowest BCUT2D eigenvalue weighted by molar-refractivity contribution is -0.189. The summed E-state index contributed by atoms with van der Waals surface area (Å²) in [6, 6.07) is 4.90. The van der Waals surface area contributed by atoms with Gasteiger partial charge in [0.15, 0.2) is 0 Å². The van der Waals surface area contributed by atoms with E-state index in [1.54, 1.807) is 0 Å². The highest BCUT2D eigenvalue weighted by Crippen LogP contribution is 2.58. The van der Waals surface area contributed by atoms with Crippen LogP contribution in [0.1, 0.15) is 43.6 Å². The van der Waals surface area contributed by atoms with Gasteiger partial charge in [-0.25, -0.2) is 9.07 Å². The second-order valence-corrected chi connectivity index (χ2v) is 8.05. The molecule has 0 unspecified atom stereocenters. The molecule has 168 valence electrons. The first-order chi connectivity index (χ1) is 14.4. The number of anilines is 1. The zero-order valence-electron chi connectivity index (χ0n) is 16.1. The van der Waals surface area contributed by atoms with E-state index in [2.05, 4.69) is 10.4 Å². The van der Waals surface area contributed by atoms with Crippen molar-refractivity contribution in [3.63, 3.8) is 0 Å². The molecule has 2 aliphatic carbocycles. The quantitative estimate of drug-likeness (QED) is 0.587. The number of alkyl halides is 6. The van der Waals surface area contributed by atoms with Gasteiger partial charge < -0.3 is 5.32 Å². The van der Waals surface area contributed by atoms with E-state index in [1.165, 1.54) is 12.1 Å². The lowest BCUT2D eigenvalue weighted by atomic mass is 9.79. The Morgan fingerprint density at radius 3 is 2.16 bits per heavy atom. The van der Waals surface area contributed by atoms with Gasteiger partial charge in [0, 0.05) is 11.1 Å².